The first-order valence-electron chi connectivity index (χ1n) is 31.8. The number of azo groups is 2. The number of Topliss-reactive ketones (excluding diaryl/α,β-unsaturated/α-hetero) is 2. The van der Waals surface area contributed by atoms with Gasteiger partial charge in [-0.1, -0.05) is 47.8 Å². The van der Waals surface area contributed by atoms with E-state index in [0.717, 1.165) is 115 Å². The minimum atomic E-state index is -4.48. The molecule has 2 saturated heterocycles. The summed E-state index contributed by atoms with van der Waals surface area (Å²) in [6, 6.07) is 21.3. The van der Waals surface area contributed by atoms with E-state index in [4.69, 9.17) is 35.1 Å². The summed E-state index contributed by atoms with van der Waals surface area (Å²) in [5.41, 5.74) is 3.65. The molecular weight excluding hydrogens is 1340 g/mol. The van der Waals surface area contributed by atoms with Gasteiger partial charge in [-0.3, -0.25) is 28.3 Å². The van der Waals surface area contributed by atoms with Crippen molar-refractivity contribution in [1.29, 1.82) is 0 Å². The highest BCUT2D eigenvalue weighted by molar-refractivity contribution is 7.99. The number of nitrogens with one attached hydrogen (secondary N) is 4. The Balaban J connectivity index is 1.06. The van der Waals surface area contributed by atoms with E-state index in [-0.39, 0.29) is 54.5 Å². The second-order valence-corrected chi connectivity index (χ2v) is 28.4. The van der Waals surface area contributed by atoms with Crippen molar-refractivity contribution in [2.75, 3.05) is 99.0 Å². The number of carbonyl (C=O) groups is 4. The number of thioether (sulfide) groups is 1. The molecule has 2 amide bonds. The standard InChI is InChI=1S/C65H77N17O10S5/c1-8-13-36-93-63-73-61(68-53-37-45(79(9-2)10-3)24-30-51(53)75-77-64-70-57(81-32-16-14-17-33-81)55(94-64)39-49(41(6)83)59(85)66-43-20-26-47(27-21-43)96(87,88)89)72-62(74-63)69-54-38-46(80(11-4)12-5)25-31-52(54)76-78-65-71-58(82-34-18-15-19-35-82)56(95-65)40-50(42(7)84)60(86)67-44-22-28-48(29-23-44)97(90,91)92/h20-31,37-40H,8-19,32-36H2,1-7H3,(H,66,85)(H,67,86)(H,87,88,89)(H,90,91,92)(H2,68,69,72,73,74)/b49-39-,50-40+,77-75?,78-76?. The molecular formula is C65H77N17O10S5. The number of nitrogens with zero attached hydrogens (tertiary/aromatic N) is 13. The topological polar surface area (TPSA) is 352 Å². The quantitative estimate of drug-likeness (QED) is 0.00463. The molecule has 0 unspecified atom stereocenters. The van der Waals surface area contributed by atoms with Crippen LogP contribution < -0.4 is 40.9 Å². The molecule has 0 bridgehead atoms. The Bertz CT molecular complexity index is 4080. The van der Waals surface area contributed by atoms with Crippen LogP contribution in [0.15, 0.2) is 131 Å². The number of ketones is 2. The maximum absolute atomic E-state index is 13.8. The van der Waals surface area contributed by atoms with Gasteiger partial charge in [-0.25, -0.2) is 0 Å². The number of hydrogen-bond donors (Lipinski definition) is 6. The summed E-state index contributed by atoms with van der Waals surface area (Å²) in [4.78, 5) is 87.4. The minimum Gasteiger partial charge on any atom is -0.372 e. The summed E-state index contributed by atoms with van der Waals surface area (Å²) in [5, 5.41) is 32.1. The molecule has 97 heavy (non-hydrogen) atoms. The normalized spacial score (nSPS) is 14.1. The highest BCUT2D eigenvalue weighted by atomic mass is 32.2. The van der Waals surface area contributed by atoms with Crippen LogP contribution in [0.1, 0.15) is 110 Å². The van der Waals surface area contributed by atoms with E-state index in [1.165, 1.54) is 62.0 Å². The predicted molar refractivity (Wildman–Crippen MR) is 384 cm³/mol. The fourth-order valence-electron chi connectivity index (χ4n) is 10.6. The second-order valence-electron chi connectivity index (χ2n) is 22.5. The van der Waals surface area contributed by atoms with Gasteiger partial charge in [-0.2, -0.15) is 41.8 Å². The number of thiazole rings is 2. The third-order valence-corrected chi connectivity index (χ3v) is 20.1. The van der Waals surface area contributed by atoms with E-state index in [1.54, 1.807) is 0 Å². The van der Waals surface area contributed by atoms with Crippen molar-refractivity contribution in [1.82, 2.24) is 24.9 Å². The number of anilines is 10. The van der Waals surface area contributed by atoms with Gasteiger partial charge in [0.1, 0.15) is 23.0 Å². The summed E-state index contributed by atoms with van der Waals surface area (Å²) in [6.07, 6.45) is 10.5. The van der Waals surface area contributed by atoms with Crippen molar-refractivity contribution in [3.8, 4) is 0 Å². The first kappa shape index (κ1) is 72.4. The summed E-state index contributed by atoms with van der Waals surface area (Å²) in [6.45, 7) is 18.5. The van der Waals surface area contributed by atoms with E-state index < -0.39 is 43.6 Å². The van der Waals surface area contributed by atoms with Crippen LogP contribution in [-0.2, 0) is 39.4 Å². The number of piperidine rings is 2. The lowest BCUT2D eigenvalue weighted by Gasteiger charge is -2.27. The van der Waals surface area contributed by atoms with Crippen LogP contribution in [0.4, 0.5) is 79.3 Å². The molecule has 3 aromatic heterocycles. The molecule has 2 aliphatic rings. The van der Waals surface area contributed by atoms with E-state index in [9.17, 15) is 45.1 Å². The number of amides is 2. The fourth-order valence-corrected chi connectivity index (χ4v) is 14.1. The average Bonchev–Trinajstić information content (AvgIpc) is 1.78. The zero-order valence-corrected chi connectivity index (χ0v) is 58.9. The molecule has 0 radical (unpaired) electrons. The number of rotatable bonds is 30. The van der Waals surface area contributed by atoms with Crippen molar-refractivity contribution >= 4 is 169 Å². The summed E-state index contributed by atoms with van der Waals surface area (Å²) < 4.78 is 65.6. The molecule has 0 atom stereocenters. The van der Waals surface area contributed by atoms with Crippen molar-refractivity contribution in [3.63, 3.8) is 0 Å². The summed E-state index contributed by atoms with van der Waals surface area (Å²) in [5.74, 6) is -0.346. The lowest BCUT2D eigenvalue weighted by Crippen LogP contribution is -2.30. The molecule has 0 aliphatic carbocycles. The highest BCUT2D eigenvalue weighted by Gasteiger charge is 2.26. The van der Waals surface area contributed by atoms with Crippen LogP contribution >= 0.6 is 34.4 Å². The third kappa shape index (κ3) is 19.4. The van der Waals surface area contributed by atoms with E-state index in [0.29, 0.717) is 102 Å². The molecule has 4 aromatic carbocycles. The van der Waals surface area contributed by atoms with Gasteiger partial charge in [0, 0.05) is 80.9 Å². The molecule has 9 rings (SSSR count). The summed E-state index contributed by atoms with van der Waals surface area (Å²) in [7, 11) is -8.95. The SMILES string of the molecule is CCCCSc1nc(Nc2cc(N(CC)CC)ccc2N=Nc2nc(N3CCCCC3)c(/C=C(/C(C)=O)C(=O)Nc3ccc(S(=O)(=O)O)cc3)s2)nc(Nc2cc(N(CC)CC)ccc2N=Nc2nc(N3CCCCC3)c(/C=C(\C(C)=O)C(=O)Nc3ccc(S(=O)(=O)O)cc3)s2)n1. The van der Waals surface area contributed by atoms with Gasteiger partial charge in [0.15, 0.2) is 16.7 Å². The molecule has 7 aromatic rings. The molecule has 27 nitrogen and oxygen atoms in total. The lowest BCUT2D eigenvalue weighted by molar-refractivity contribution is -0.120. The van der Waals surface area contributed by atoms with Crippen LogP contribution in [-0.4, -0.2) is 132 Å². The Morgan fingerprint density at radius 2 is 0.938 bits per heavy atom. The van der Waals surface area contributed by atoms with Crippen LogP contribution in [0, 0.1) is 0 Å². The van der Waals surface area contributed by atoms with E-state index >= 15 is 0 Å². The highest BCUT2D eigenvalue weighted by Crippen LogP contribution is 2.41. The largest absolute Gasteiger partial charge is 0.372 e. The first-order chi connectivity index (χ1) is 46.5. The molecule has 2 aliphatic heterocycles. The van der Waals surface area contributed by atoms with Gasteiger partial charge in [-0.15, -0.1) is 20.5 Å². The zero-order valence-electron chi connectivity index (χ0n) is 54.8. The monoisotopic (exact) mass is 1420 g/mol. The molecule has 2 fully saturated rings. The second kappa shape index (κ2) is 33.4. The average molecular weight is 1420 g/mol. The van der Waals surface area contributed by atoms with Crippen molar-refractivity contribution < 1.29 is 45.1 Å². The molecule has 512 valence electrons. The summed E-state index contributed by atoms with van der Waals surface area (Å²) >= 11 is 3.78. The van der Waals surface area contributed by atoms with Gasteiger partial charge in [0.2, 0.25) is 22.2 Å². The Morgan fingerprint density at radius 1 is 0.546 bits per heavy atom. The smallest absolute Gasteiger partial charge is 0.294 e. The van der Waals surface area contributed by atoms with Gasteiger partial charge in [-0.05, 0) is 184 Å². The molecule has 6 N–H and O–H groups in total. The Hall–Kier alpha value is -8.92. The van der Waals surface area contributed by atoms with Crippen molar-refractivity contribution in [2.24, 2.45) is 20.5 Å². The van der Waals surface area contributed by atoms with Crippen LogP contribution in [0.5, 0.6) is 0 Å². The van der Waals surface area contributed by atoms with Gasteiger partial charge in [0.05, 0.1) is 42.1 Å². The van der Waals surface area contributed by atoms with Gasteiger partial charge < -0.3 is 40.9 Å². The Kier molecular flexibility index (Phi) is 24.9. The van der Waals surface area contributed by atoms with Crippen LogP contribution in [0.25, 0.3) is 12.2 Å². The van der Waals surface area contributed by atoms with Gasteiger partial charge in [0.25, 0.3) is 32.1 Å². The fraction of sp³-hybridized carbons (Fsp3) is 0.369. The lowest BCUT2D eigenvalue weighted by atomic mass is 10.1. The van der Waals surface area contributed by atoms with Crippen molar-refractivity contribution in [2.45, 2.75) is 115 Å². The van der Waals surface area contributed by atoms with Crippen LogP contribution in [0.3, 0.4) is 0 Å². The van der Waals surface area contributed by atoms with E-state index in [1.807, 2.05) is 36.4 Å². The van der Waals surface area contributed by atoms with Crippen LogP contribution in [0.2, 0.25) is 0 Å². The first-order valence-corrected chi connectivity index (χ1v) is 37.3. The molecule has 0 spiro atoms. The zero-order chi connectivity index (χ0) is 69.4. The number of unbranched alkanes of at least 4 members (excludes halogenated alkanes) is 1. The van der Waals surface area contributed by atoms with Gasteiger partial charge >= 0.3 is 0 Å². The molecule has 32 heteroatoms. The third-order valence-electron chi connectivity index (χ3n) is 15.7. The Labute approximate surface area is 576 Å². The number of carbonyl (C=O) groups excluding carboxylic acids is 4. The van der Waals surface area contributed by atoms with E-state index in [2.05, 4.69) is 85.7 Å². The minimum absolute atomic E-state index is 0.178. The van der Waals surface area contributed by atoms with Crippen molar-refractivity contribution in [3.05, 3.63) is 106 Å². The predicted octanol–water partition coefficient (Wildman–Crippen LogP) is 14.4. The number of hydrogen-bond acceptors (Lipinski definition) is 26. The number of benzene rings is 4. The maximum atomic E-state index is 13.8. The molecule has 0 saturated carbocycles. The molecule has 5 heterocycles. The number of aromatic nitrogens is 5. The Morgan fingerprint density at radius 3 is 1.29 bits per heavy atom. The maximum Gasteiger partial charge on any atom is 0.294 e.